The third-order valence-electron chi connectivity index (χ3n) is 4.04. The van der Waals surface area contributed by atoms with Crippen molar-refractivity contribution in [1.82, 2.24) is 4.31 Å². The Balaban J connectivity index is 2.32. The highest BCUT2D eigenvalue weighted by Gasteiger charge is 2.33. The van der Waals surface area contributed by atoms with Crippen molar-refractivity contribution in [1.29, 1.82) is 0 Å². The molecule has 2 rings (SSSR count). The molecule has 1 aromatic carbocycles. The highest BCUT2D eigenvalue weighted by atomic mass is 32.2. The number of nitrogens with two attached hydrogens (primary N) is 1. The summed E-state index contributed by atoms with van der Waals surface area (Å²) in [4.78, 5) is 0.543. The van der Waals surface area contributed by atoms with E-state index in [1.165, 1.54) is 0 Å². The van der Waals surface area contributed by atoms with E-state index >= 15 is 0 Å². The molecule has 1 fully saturated rings. The van der Waals surface area contributed by atoms with Crippen molar-refractivity contribution in [3.05, 3.63) is 29.3 Å². The molecule has 1 atom stereocenters. The minimum Gasteiger partial charge on any atom is -0.389 e. The maximum Gasteiger partial charge on any atom is 0.243 e. The van der Waals surface area contributed by atoms with Crippen molar-refractivity contribution >= 4 is 27.2 Å². The van der Waals surface area contributed by atoms with Crippen molar-refractivity contribution in [3.63, 3.8) is 0 Å². The molecule has 0 bridgehead atoms. The first-order chi connectivity index (χ1) is 9.86. The predicted octanol–water partition coefficient (Wildman–Crippen LogP) is 2.44. The fourth-order valence-electron chi connectivity index (χ4n) is 2.83. The Labute approximate surface area is 132 Å². The van der Waals surface area contributed by atoms with Crippen LogP contribution in [0.1, 0.15) is 37.3 Å². The Morgan fingerprint density at radius 1 is 1.48 bits per heavy atom. The summed E-state index contributed by atoms with van der Waals surface area (Å²) < 4.78 is 27.2. The van der Waals surface area contributed by atoms with Gasteiger partial charge < -0.3 is 5.73 Å². The standard InChI is InChI=1S/C15H22N2O2S2/c1-3-4-12-7-8-17(10-12)21(18,19)14-9-13(15(16)20)6-5-11(14)2/h5-6,9,12H,3-4,7-8,10H2,1-2H3,(H2,16,20). The van der Waals surface area contributed by atoms with Crippen LogP contribution in [0, 0.1) is 12.8 Å². The van der Waals surface area contributed by atoms with Crippen molar-refractivity contribution in [2.45, 2.75) is 38.0 Å². The molecule has 1 saturated heterocycles. The number of hydrogen-bond acceptors (Lipinski definition) is 3. The zero-order chi connectivity index (χ0) is 15.6. The van der Waals surface area contributed by atoms with Gasteiger partial charge in [-0.3, -0.25) is 0 Å². The number of nitrogens with zero attached hydrogens (tertiary/aromatic N) is 1. The first-order valence-electron chi connectivity index (χ1n) is 7.27. The smallest absolute Gasteiger partial charge is 0.243 e. The van der Waals surface area contributed by atoms with E-state index in [4.69, 9.17) is 18.0 Å². The molecule has 0 spiro atoms. The summed E-state index contributed by atoms with van der Waals surface area (Å²) in [5.41, 5.74) is 6.94. The number of aryl methyl sites for hydroxylation is 1. The van der Waals surface area contributed by atoms with Crippen LogP contribution in [0.4, 0.5) is 0 Å². The molecule has 1 aliphatic rings. The van der Waals surface area contributed by atoms with Gasteiger partial charge in [-0.1, -0.05) is 37.7 Å². The van der Waals surface area contributed by atoms with E-state index in [9.17, 15) is 8.42 Å². The average molecular weight is 326 g/mol. The SMILES string of the molecule is CCCC1CCN(S(=O)(=O)c2cc(C(N)=S)ccc2C)C1. The average Bonchev–Trinajstić information content (AvgIpc) is 2.88. The first kappa shape index (κ1) is 16.4. The van der Waals surface area contributed by atoms with Crippen LogP contribution in [0.15, 0.2) is 23.1 Å². The molecular weight excluding hydrogens is 304 g/mol. The third-order valence-corrected chi connectivity index (χ3v) is 6.28. The minimum atomic E-state index is -3.46. The summed E-state index contributed by atoms with van der Waals surface area (Å²) in [7, 11) is -3.46. The quantitative estimate of drug-likeness (QED) is 0.844. The van der Waals surface area contributed by atoms with Crippen molar-refractivity contribution < 1.29 is 8.42 Å². The van der Waals surface area contributed by atoms with Gasteiger partial charge in [-0.25, -0.2) is 8.42 Å². The van der Waals surface area contributed by atoms with Crippen LogP contribution < -0.4 is 5.73 Å². The number of benzene rings is 1. The molecule has 0 aliphatic carbocycles. The number of rotatable bonds is 5. The third kappa shape index (κ3) is 3.44. The summed E-state index contributed by atoms with van der Waals surface area (Å²) >= 11 is 4.95. The Kier molecular flexibility index (Phi) is 5.01. The number of sulfonamides is 1. The highest BCUT2D eigenvalue weighted by molar-refractivity contribution is 7.89. The van der Waals surface area contributed by atoms with Gasteiger partial charge in [-0.15, -0.1) is 0 Å². The number of thiocarbonyl (C=S) groups is 1. The monoisotopic (exact) mass is 326 g/mol. The zero-order valence-electron chi connectivity index (χ0n) is 12.5. The molecule has 1 aromatic rings. The van der Waals surface area contributed by atoms with Gasteiger partial charge in [0.05, 0.1) is 4.90 Å². The lowest BCUT2D eigenvalue weighted by atomic mass is 10.0. The molecule has 4 nitrogen and oxygen atoms in total. The minimum absolute atomic E-state index is 0.219. The molecule has 0 aromatic heterocycles. The van der Waals surface area contributed by atoms with Gasteiger partial charge in [0.25, 0.3) is 0 Å². The number of hydrogen-bond donors (Lipinski definition) is 1. The lowest BCUT2D eigenvalue weighted by Gasteiger charge is -2.18. The van der Waals surface area contributed by atoms with E-state index in [0.29, 0.717) is 29.5 Å². The highest BCUT2D eigenvalue weighted by Crippen LogP contribution is 2.28. The topological polar surface area (TPSA) is 63.4 Å². The van der Waals surface area contributed by atoms with Crippen molar-refractivity contribution in [3.8, 4) is 0 Å². The summed E-state index contributed by atoms with van der Waals surface area (Å²) in [5, 5.41) is 0. The summed E-state index contributed by atoms with van der Waals surface area (Å²) in [6.45, 7) is 5.15. The second-order valence-corrected chi connectivity index (χ2v) is 8.00. The molecule has 21 heavy (non-hydrogen) atoms. The van der Waals surface area contributed by atoms with E-state index < -0.39 is 10.0 Å². The van der Waals surface area contributed by atoms with E-state index in [-0.39, 0.29) is 4.99 Å². The largest absolute Gasteiger partial charge is 0.389 e. The van der Waals surface area contributed by atoms with Crippen LogP contribution in [-0.2, 0) is 10.0 Å². The molecule has 0 saturated carbocycles. The van der Waals surface area contributed by atoms with Gasteiger partial charge in [-0.2, -0.15) is 4.31 Å². The molecular formula is C15H22N2O2S2. The Bertz CT molecular complexity index is 641. The summed E-state index contributed by atoms with van der Waals surface area (Å²) in [5.74, 6) is 0.476. The molecule has 1 unspecified atom stereocenters. The molecule has 116 valence electrons. The first-order valence-corrected chi connectivity index (χ1v) is 9.11. The van der Waals surface area contributed by atoms with Crippen LogP contribution in [0.2, 0.25) is 0 Å². The van der Waals surface area contributed by atoms with Crippen molar-refractivity contribution in [2.75, 3.05) is 13.1 Å². The summed E-state index contributed by atoms with van der Waals surface area (Å²) in [6.07, 6.45) is 3.12. The van der Waals surface area contributed by atoms with Crippen LogP contribution in [-0.4, -0.2) is 30.8 Å². The zero-order valence-corrected chi connectivity index (χ0v) is 14.1. The fourth-order valence-corrected chi connectivity index (χ4v) is 4.74. The fraction of sp³-hybridized carbons (Fsp3) is 0.533. The van der Waals surface area contributed by atoms with Gasteiger partial charge in [0, 0.05) is 18.7 Å². The molecule has 6 heteroatoms. The maximum atomic E-state index is 12.8. The lowest BCUT2D eigenvalue weighted by molar-refractivity contribution is 0.444. The van der Waals surface area contributed by atoms with Gasteiger partial charge in [0.2, 0.25) is 10.0 Å². The Morgan fingerprint density at radius 3 is 2.81 bits per heavy atom. The van der Waals surface area contributed by atoms with Gasteiger partial charge in [0.15, 0.2) is 0 Å². The lowest BCUT2D eigenvalue weighted by Crippen LogP contribution is -2.29. The molecule has 1 aliphatic heterocycles. The normalized spacial score (nSPS) is 19.8. The molecule has 0 amide bonds. The van der Waals surface area contributed by atoms with Crippen molar-refractivity contribution in [2.24, 2.45) is 11.7 Å². The second-order valence-electron chi connectivity index (χ2n) is 5.65. The van der Waals surface area contributed by atoms with Crippen LogP contribution in [0.3, 0.4) is 0 Å². The van der Waals surface area contributed by atoms with E-state index in [1.54, 1.807) is 29.4 Å². The van der Waals surface area contributed by atoms with E-state index in [2.05, 4.69) is 6.92 Å². The molecule has 2 N–H and O–H groups in total. The van der Waals surface area contributed by atoms with E-state index in [1.807, 2.05) is 0 Å². The Morgan fingerprint density at radius 2 is 2.19 bits per heavy atom. The van der Waals surface area contributed by atoms with Gasteiger partial charge in [0.1, 0.15) is 4.99 Å². The summed E-state index contributed by atoms with van der Waals surface area (Å²) in [6, 6.07) is 5.13. The van der Waals surface area contributed by atoms with Crippen LogP contribution in [0.5, 0.6) is 0 Å². The van der Waals surface area contributed by atoms with Crippen LogP contribution in [0.25, 0.3) is 0 Å². The molecule has 1 heterocycles. The van der Waals surface area contributed by atoms with Gasteiger partial charge >= 0.3 is 0 Å². The molecule has 0 radical (unpaired) electrons. The second kappa shape index (κ2) is 6.42. The maximum absolute atomic E-state index is 12.8. The Hall–Kier alpha value is -0.980. The van der Waals surface area contributed by atoms with E-state index in [0.717, 1.165) is 24.8 Å². The predicted molar refractivity (Wildman–Crippen MR) is 88.8 cm³/mol. The van der Waals surface area contributed by atoms with Crippen LogP contribution >= 0.6 is 12.2 Å². The van der Waals surface area contributed by atoms with Gasteiger partial charge in [-0.05, 0) is 37.3 Å².